The molecule has 0 amide bonds. The first-order valence-corrected chi connectivity index (χ1v) is 4.46. The number of aromatic nitrogens is 1. The third-order valence-corrected chi connectivity index (χ3v) is 2.15. The van der Waals surface area contributed by atoms with Gasteiger partial charge in [0.25, 0.3) is 6.43 Å². The van der Waals surface area contributed by atoms with Crippen molar-refractivity contribution in [2.75, 3.05) is 7.11 Å². The first kappa shape index (κ1) is 12.5. The normalized spacial score (nSPS) is 10.6. The van der Waals surface area contributed by atoms with Gasteiger partial charge in [0, 0.05) is 11.8 Å². The molecule has 6 heteroatoms. The van der Waals surface area contributed by atoms with E-state index in [1.807, 2.05) is 0 Å². The first-order chi connectivity index (χ1) is 7.47. The van der Waals surface area contributed by atoms with Gasteiger partial charge < -0.3 is 4.74 Å². The number of carbonyl (C=O) groups is 1. The summed E-state index contributed by atoms with van der Waals surface area (Å²) in [5, 5.41) is 0. The van der Waals surface area contributed by atoms with E-state index in [9.17, 15) is 18.0 Å². The van der Waals surface area contributed by atoms with Crippen LogP contribution in [0, 0.1) is 12.7 Å². The highest BCUT2D eigenvalue weighted by atomic mass is 19.3. The minimum atomic E-state index is -2.78. The van der Waals surface area contributed by atoms with Crippen LogP contribution in [0.25, 0.3) is 0 Å². The Morgan fingerprint density at radius 2 is 2.19 bits per heavy atom. The number of pyridine rings is 1. The van der Waals surface area contributed by atoms with Crippen molar-refractivity contribution in [3.05, 3.63) is 28.8 Å². The highest BCUT2D eigenvalue weighted by molar-refractivity contribution is 5.71. The van der Waals surface area contributed by atoms with Gasteiger partial charge in [0.15, 0.2) is 0 Å². The Kier molecular flexibility index (Phi) is 3.87. The average Bonchev–Trinajstić information content (AvgIpc) is 2.24. The van der Waals surface area contributed by atoms with Gasteiger partial charge in [-0.25, -0.2) is 13.2 Å². The van der Waals surface area contributed by atoms with Crippen LogP contribution in [0.3, 0.4) is 0 Å². The molecule has 0 saturated heterocycles. The molecule has 0 aliphatic carbocycles. The smallest absolute Gasteiger partial charge is 0.311 e. The van der Waals surface area contributed by atoms with E-state index in [1.165, 1.54) is 6.92 Å². The molecule has 0 bridgehead atoms. The Morgan fingerprint density at radius 3 is 2.69 bits per heavy atom. The number of nitrogens with zero attached hydrogens (tertiary/aromatic N) is 1. The predicted molar refractivity (Wildman–Crippen MR) is 49.6 cm³/mol. The number of rotatable bonds is 3. The molecule has 0 spiro atoms. The van der Waals surface area contributed by atoms with E-state index < -0.39 is 23.8 Å². The molecule has 3 nitrogen and oxygen atoms in total. The Morgan fingerprint density at radius 1 is 1.56 bits per heavy atom. The number of ether oxygens (including phenoxy) is 1. The molecule has 0 aliphatic heterocycles. The predicted octanol–water partition coefficient (Wildman–Crippen LogP) is 2.18. The van der Waals surface area contributed by atoms with Gasteiger partial charge in [0.2, 0.25) is 0 Å². The van der Waals surface area contributed by atoms with Crippen LogP contribution in [-0.2, 0) is 16.0 Å². The zero-order valence-corrected chi connectivity index (χ0v) is 8.76. The molecule has 0 saturated carbocycles. The molecule has 0 radical (unpaired) electrons. The van der Waals surface area contributed by atoms with Crippen LogP contribution in [0.15, 0.2) is 6.20 Å². The van der Waals surface area contributed by atoms with Gasteiger partial charge in [-0.2, -0.15) is 0 Å². The van der Waals surface area contributed by atoms with E-state index in [1.54, 1.807) is 0 Å². The van der Waals surface area contributed by atoms with Gasteiger partial charge in [-0.1, -0.05) is 0 Å². The lowest BCUT2D eigenvalue weighted by Crippen LogP contribution is -2.10. The van der Waals surface area contributed by atoms with Crippen LogP contribution in [0.5, 0.6) is 0 Å². The number of esters is 1. The van der Waals surface area contributed by atoms with Gasteiger partial charge in [-0.05, 0) is 12.5 Å². The minimum absolute atomic E-state index is 0.186. The topological polar surface area (TPSA) is 39.2 Å². The number of alkyl halides is 2. The Labute approximate surface area is 90.2 Å². The Bertz CT molecular complexity index is 407. The van der Waals surface area contributed by atoms with Gasteiger partial charge in [0.05, 0.1) is 19.2 Å². The lowest BCUT2D eigenvalue weighted by molar-refractivity contribution is -0.139. The molecule has 0 unspecified atom stereocenters. The molecule has 0 N–H and O–H groups in total. The summed E-state index contributed by atoms with van der Waals surface area (Å²) in [4.78, 5) is 14.4. The molecule has 1 aromatic rings. The van der Waals surface area contributed by atoms with Crippen LogP contribution in [0.4, 0.5) is 13.2 Å². The van der Waals surface area contributed by atoms with Gasteiger partial charge >= 0.3 is 5.97 Å². The van der Waals surface area contributed by atoms with E-state index in [0.717, 1.165) is 13.3 Å². The SMILES string of the molecule is COC(=O)Cc1ncc(C(F)F)c(C)c1F. The Balaban J connectivity index is 3.07. The van der Waals surface area contributed by atoms with Crippen molar-refractivity contribution in [3.63, 3.8) is 0 Å². The second-order valence-electron chi connectivity index (χ2n) is 3.15. The highest BCUT2D eigenvalue weighted by Gasteiger charge is 2.19. The summed E-state index contributed by atoms with van der Waals surface area (Å²) in [6.45, 7) is 1.22. The average molecular weight is 233 g/mol. The highest BCUT2D eigenvalue weighted by Crippen LogP contribution is 2.24. The van der Waals surface area contributed by atoms with E-state index in [2.05, 4.69) is 9.72 Å². The lowest BCUT2D eigenvalue weighted by atomic mass is 10.1. The van der Waals surface area contributed by atoms with Crippen LogP contribution in [-0.4, -0.2) is 18.1 Å². The quantitative estimate of drug-likeness (QED) is 0.751. The third-order valence-electron chi connectivity index (χ3n) is 2.15. The molecule has 1 heterocycles. The first-order valence-electron chi connectivity index (χ1n) is 4.46. The molecule has 16 heavy (non-hydrogen) atoms. The van der Waals surface area contributed by atoms with Crippen LogP contribution < -0.4 is 0 Å². The monoisotopic (exact) mass is 233 g/mol. The minimum Gasteiger partial charge on any atom is -0.469 e. The van der Waals surface area contributed by atoms with E-state index >= 15 is 0 Å². The molecule has 88 valence electrons. The number of hydrogen-bond acceptors (Lipinski definition) is 3. The van der Waals surface area contributed by atoms with E-state index in [4.69, 9.17) is 0 Å². The molecule has 1 aromatic heterocycles. The molecule has 0 fully saturated rings. The summed E-state index contributed by atoms with van der Waals surface area (Å²) >= 11 is 0. The fourth-order valence-corrected chi connectivity index (χ4v) is 1.20. The Hall–Kier alpha value is -1.59. The van der Waals surface area contributed by atoms with E-state index in [-0.39, 0.29) is 17.7 Å². The molecule has 1 rings (SSSR count). The van der Waals surface area contributed by atoms with Crippen LogP contribution >= 0.6 is 0 Å². The number of hydrogen-bond donors (Lipinski definition) is 0. The number of carbonyl (C=O) groups excluding carboxylic acids is 1. The maximum Gasteiger partial charge on any atom is 0.311 e. The van der Waals surface area contributed by atoms with Crippen molar-refractivity contribution in [1.82, 2.24) is 4.98 Å². The van der Waals surface area contributed by atoms with Crippen molar-refractivity contribution in [1.29, 1.82) is 0 Å². The van der Waals surface area contributed by atoms with Crippen LogP contribution in [0.2, 0.25) is 0 Å². The van der Waals surface area contributed by atoms with Crippen molar-refractivity contribution in [2.24, 2.45) is 0 Å². The standard InChI is InChI=1S/C10H10F3NO2/c1-5-6(10(12)13)4-14-7(9(5)11)3-8(15)16-2/h4,10H,3H2,1-2H3. The molecule has 0 aliphatic rings. The van der Waals surface area contributed by atoms with E-state index in [0.29, 0.717) is 0 Å². The van der Waals surface area contributed by atoms with Crippen molar-refractivity contribution >= 4 is 5.97 Å². The fraction of sp³-hybridized carbons (Fsp3) is 0.400. The van der Waals surface area contributed by atoms with Crippen molar-refractivity contribution < 1.29 is 22.7 Å². The second kappa shape index (κ2) is 4.96. The molecular formula is C10H10F3NO2. The summed E-state index contributed by atoms with van der Waals surface area (Å²) in [6.07, 6.45) is -2.28. The zero-order chi connectivity index (χ0) is 12.3. The summed E-state index contributed by atoms with van der Waals surface area (Å²) in [6, 6.07) is 0. The fourth-order valence-electron chi connectivity index (χ4n) is 1.20. The van der Waals surface area contributed by atoms with Gasteiger partial charge in [0.1, 0.15) is 5.82 Å². The molecular weight excluding hydrogens is 223 g/mol. The van der Waals surface area contributed by atoms with Crippen molar-refractivity contribution in [2.45, 2.75) is 19.8 Å². The van der Waals surface area contributed by atoms with Gasteiger partial charge in [-0.3, -0.25) is 9.78 Å². The summed E-state index contributed by atoms with van der Waals surface area (Å²) in [5.74, 6) is -1.56. The summed E-state index contributed by atoms with van der Waals surface area (Å²) < 4.78 is 42.6. The number of halogens is 3. The van der Waals surface area contributed by atoms with Crippen molar-refractivity contribution in [3.8, 4) is 0 Å². The molecule has 0 aromatic carbocycles. The zero-order valence-electron chi connectivity index (χ0n) is 8.76. The summed E-state index contributed by atoms with van der Waals surface area (Å²) in [5.41, 5.74) is -0.844. The largest absolute Gasteiger partial charge is 0.469 e. The second-order valence-corrected chi connectivity index (χ2v) is 3.15. The maximum absolute atomic E-state index is 13.5. The number of methoxy groups -OCH3 is 1. The lowest BCUT2D eigenvalue weighted by Gasteiger charge is -2.08. The summed E-state index contributed by atoms with van der Waals surface area (Å²) in [7, 11) is 1.15. The van der Waals surface area contributed by atoms with Crippen LogP contribution in [0.1, 0.15) is 23.2 Å². The molecule has 0 atom stereocenters. The third kappa shape index (κ3) is 2.50. The van der Waals surface area contributed by atoms with Gasteiger partial charge in [-0.15, -0.1) is 0 Å². The maximum atomic E-state index is 13.5.